The minimum Gasteiger partial charge on any atom is -0.481 e. The van der Waals surface area contributed by atoms with E-state index in [0.29, 0.717) is 5.56 Å². The van der Waals surface area contributed by atoms with E-state index in [-0.39, 0.29) is 18.6 Å². The smallest absolute Gasteiger partial charge is 0.303 e. The van der Waals surface area contributed by atoms with Crippen molar-refractivity contribution in [2.75, 3.05) is 18.0 Å². The third-order valence-corrected chi connectivity index (χ3v) is 3.99. The van der Waals surface area contributed by atoms with E-state index in [0.717, 1.165) is 19.5 Å². The van der Waals surface area contributed by atoms with Crippen molar-refractivity contribution in [1.82, 2.24) is 0 Å². The van der Waals surface area contributed by atoms with Gasteiger partial charge in [-0.15, -0.1) is 0 Å². The molecule has 0 fully saturated rings. The molecule has 0 saturated carbocycles. The number of benzene rings is 1. The first kappa shape index (κ1) is 15.5. The molecule has 1 aliphatic rings. The Labute approximate surface area is 125 Å². The number of carboxylic acids is 1. The summed E-state index contributed by atoms with van der Waals surface area (Å²) in [6.07, 6.45) is 4.62. The summed E-state index contributed by atoms with van der Waals surface area (Å²) >= 11 is 0. The van der Waals surface area contributed by atoms with Gasteiger partial charge >= 0.3 is 5.97 Å². The fourth-order valence-electron chi connectivity index (χ4n) is 2.79. The largest absolute Gasteiger partial charge is 0.481 e. The summed E-state index contributed by atoms with van der Waals surface area (Å²) in [5.74, 6) is -1.00. The van der Waals surface area contributed by atoms with Gasteiger partial charge in [0.1, 0.15) is 0 Å². The van der Waals surface area contributed by atoms with E-state index < -0.39 is 5.97 Å². The Morgan fingerprint density at radius 1 is 1.24 bits per heavy atom. The molecule has 0 unspecified atom stereocenters. The van der Waals surface area contributed by atoms with E-state index in [4.69, 9.17) is 5.11 Å². The molecule has 0 saturated heterocycles. The molecule has 1 aromatic carbocycles. The minimum atomic E-state index is -0.924. The fourth-order valence-corrected chi connectivity index (χ4v) is 2.79. The standard InChI is InChI=1S/C17H23NO3/c1-2-3-4-10-18-11-9-13-12-14(5-6-15(13)18)16(19)7-8-17(20)21/h5-6,12H,2-4,7-11H2,1H3,(H,20,21). The average molecular weight is 289 g/mol. The molecule has 1 N–H and O–H groups in total. The predicted molar refractivity (Wildman–Crippen MR) is 83.1 cm³/mol. The lowest BCUT2D eigenvalue weighted by molar-refractivity contribution is -0.136. The number of unbranched alkanes of at least 4 members (excludes halogenated alkanes) is 2. The van der Waals surface area contributed by atoms with Crippen molar-refractivity contribution < 1.29 is 14.7 Å². The van der Waals surface area contributed by atoms with Crippen LogP contribution in [0.15, 0.2) is 18.2 Å². The number of carbonyl (C=O) groups is 2. The highest BCUT2D eigenvalue weighted by Crippen LogP contribution is 2.29. The van der Waals surface area contributed by atoms with Crippen LogP contribution in [0.4, 0.5) is 5.69 Å². The van der Waals surface area contributed by atoms with Gasteiger partial charge in [0.15, 0.2) is 5.78 Å². The fraction of sp³-hybridized carbons (Fsp3) is 0.529. The monoisotopic (exact) mass is 289 g/mol. The van der Waals surface area contributed by atoms with Gasteiger partial charge in [0, 0.05) is 30.8 Å². The van der Waals surface area contributed by atoms with Crippen LogP contribution >= 0.6 is 0 Å². The molecule has 4 heteroatoms. The molecule has 1 aliphatic heterocycles. The first-order chi connectivity index (χ1) is 10.1. The topological polar surface area (TPSA) is 57.6 Å². The van der Waals surface area contributed by atoms with Crippen LogP contribution in [0, 0.1) is 0 Å². The molecule has 0 radical (unpaired) electrons. The van der Waals surface area contributed by atoms with Crippen LogP contribution in [0.2, 0.25) is 0 Å². The Kier molecular flexibility index (Phi) is 5.37. The zero-order valence-electron chi connectivity index (χ0n) is 12.6. The molecule has 0 aliphatic carbocycles. The van der Waals surface area contributed by atoms with Gasteiger partial charge in [0.25, 0.3) is 0 Å². The molecule has 2 rings (SSSR count). The maximum absolute atomic E-state index is 12.0. The first-order valence-electron chi connectivity index (χ1n) is 7.74. The van der Waals surface area contributed by atoms with E-state index in [2.05, 4.69) is 11.8 Å². The molecule has 1 aromatic rings. The molecule has 21 heavy (non-hydrogen) atoms. The maximum atomic E-state index is 12.0. The molecule has 114 valence electrons. The van der Waals surface area contributed by atoms with Crippen LogP contribution in [0.25, 0.3) is 0 Å². The number of Topliss-reactive ketones (excluding diaryl/α,β-unsaturated/α-hetero) is 1. The van der Waals surface area contributed by atoms with Gasteiger partial charge < -0.3 is 10.0 Å². The highest BCUT2D eigenvalue weighted by Gasteiger charge is 2.20. The first-order valence-corrected chi connectivity index (χ1v) is 7.74. The number of rotatable bonds is 8. The van der Waals surface area contributed by atoms with Gasteiger partial charge in [-0.1, -0.05) is 19.8 Å². The number of carboxylic acid groups (broad SMARTS) is 1. The third kappa shape index (κ3) is 4.06. The van der Waals surface area contributed by atoms with Crippen molar-refractivity contribution in [3.8, 4) is 0 Å². The third-order valence-electron chi connectivity index (χ3n) is 3.99. The van der Waals surface area contributed by atoms with Crippen molar-refractivity contribution >= 4 is 17.4 Å². The molecule has 0 aromatic heterocycles. The van der Waals surface area contributed by atoms with Crippen molar-refractivity contribution in [2.24, 2.45) is 0 Å². The molecule has 4 nitrogen and oxygen atoms in total. The highest BCUT2D eigenvalue weighted by atomic mass is 16.4. The van der Waals surface area contributed by atoms with E-state index >= 15 is 0 Å². The zero-order chi connectivity index (χ0) is 15.2. The van der Waals surface area contributed by atoms with Crippen LogP contribution in [0.5, 0.6) is 0 Å². The van der Waals surface area contributed by atoms with Gasteiger partial charge in [-0.25, -0.2) is 0 Å². The van der Waals surface area contributed by atoms with Gasteiger partial charge in [0.2, 0.25) is 0 Å². The lowest BCUT2D eigenvalue weighted by Crippen LogP contribution is -2.21. The number of hydrogen-bond donors (Lipinski definition) is 1. The van der Waals surface area contributed by atoms with Gasteiger partial charge in [-0.05, 0) is 36.6 Å². The van der Waals surface area contributed by atoms with Gasteiger partial charge in [-0.3, -0.25) is 9.59 Å². The summed E-state index contributed by atoms with van der Waals surface area (Å²) in [5.41, 5.74) is 3.10. The van der Waals surface area contributed by atoms with Crippen LogP contribution in [0.1, 0.15) is 54.9 Å². The second-order valence-corrected chi connectivity index (χ2v) is 5.60. The lowest BCUT2D eigenvalue weighted by atomic mass is 10.0. The second kappa shape index (κ2) is 7.25. The Hall–Kier alpha value is -1.84. The van der Waals surface area contributed by atoms with E-state index in [1.807, 2.05) is 18.2 Å². The van der Waals surface area contributed by atoms with E-state index in [9.17, 15) is 9.59 Å². The molecule has 0 atom stereocenters. The minimum absolute atomic E-state index is 0.0777. The normalized spacial score (nSPS) is 13.3. The van der Waals surface area contributed by atoms with Crippen molar-refractivity contribution in [2.45, 2.75) is 45.4 Å². The Balaban J connectivity index is 2.00. The molecule has 0 amide bonds. The van der Waals surface area contributed by atoms with Gasteiger partial charge in [-0.2, -0.15) is 0 Å². The number of carbonyl (C=O) groups excluding carboxylic acids is 1. The summed E-state index contributed by atoms with van der Waals surface area (Å²) in [6.45, 7) is 4.30. The Morgan fingerprint density at radius 3 is 2.76 bits per heavy atom. The molecular weight excluding hydrogens is 266 g/mol. The van der Waals surface area contributed by atoms with Crippen LogP contribution < -0.4 is 4.90 Å². The molecular formula is C17H23NO3. The summed E-state index contributed by atoms with van der Waals surface area (Å²) in [6, 6.07) is 5.79. The number of ketones is 1. The molecule has 1 heterocycles. The number of hydrogen-bond acceptors (Lipinski definition) is 3. The van der Waals surface area contributed by atoms with E-state index in [1.165, 1.54) is 30.5 Å². The number of aliphatic carboxylic acids is 1. The molecule has 0 bridgehead atoms. The maximum Gasteiger partial charge on any atom is 0.303 e. The number of nitrogens with zero attached hydrogens (tertiary/aromatic N) is 1. The number of fused-ring (bicyclic) bond motifs is 1. The quantitative estimate of drug-likeness (QED) is 0.589. The summed E-state index contributed by atoms with van der Waals surface area (Å²) in [4.78, 5) is 24.9. The molecule has 0 spiro atoms. The zero-order valence-corrected chi connectivity index (χ0v) is 12.6. The highest BCUT2D eigenvalue weighted by molar-refractivity contribution is 5.98. The number of anilines is 1. The Morgan fingerprint density at radius 2 is 2.05 bits per heavy atom. The SMILES string of the molecule is CCCCCN1CCc2cc(C(=O)CCC(=O)O)ccc21. The summed E-state index contributed by atoms with van der Waals surface area (Å²) < 4.78 is 0. The van der Waals surface area contributed by atoms with Crippen molar-refractivity contribution in [3.63, 3.8) is 0 Å². The summed E-state index contributed by atoms with van der Waals surface area (Å²) in [5, 5.41) is 8.64. The summed E-state index contributed by atoms with van der Waals surface area (Å²) in [7, 11) is 0. The van der Waals surface area contributed by atoms with Crippen molar-refractivity contribution in [3.05, 3.63) is 29.3 Å². The van der Waals surface area contributed by atoms with Crippen LogP contribution in [0.3, 0.4) is 0 Å². The van der Waals surface area contributed by atoms with Crippen LogP contribution in [-0.2, 0) is 11.2 Å². The second-order valence-electron chi connectivity index (χ2n) is 5.60. The van der Waals surface area contributed by atoms with E-state index in [1.54, 1.807) is 0 Å². The Bertz CT molecular complexity index is 525. The van der Waals surface area contributed by atoms with Crippen molar-refractivity contribution in [1.29, 1.82) is 0 Å². The predicted octanol–water partition coefficient (Wildman–Crippen LogP) is 3.29. The lowest BCUT2D eigenvalue weighted by Gasteiger charge is -2.19. The van der Waals surface area contributed by atoms with Crippen LogP contribution in [-0.4, -0.2) is 29.9 Å². The average Bonchev–Trinajstić information content (AvgIpc) is 2.87. The van der Waals surface area contributed by atoms with Gasteiger partial charge in [0.05, 0.1) is 6.42 Å².